The van der Waals surface area contributed by atoms with E-state index in [1.54, 1.807) is 0 Å². The lowest BCUT2D eigenvalue weighted by molar-refractivity contribution is 0.216. The van der Waals surface area contributed by atoms with E-state index < -0.39 is 0 Å². The first-order valence-electron chi connectivity index (χ1n) is 8.14. The minimum Gasteiger partial charge on any atom is -0.349 e. The molecule has 2 fully saturated rings. The third-order valence-corrected chi connectivity index (χ3v) is 7.46. The van der Waals surface area contributed by atoms with Gasteiger partial charge in [0.25, 0.3) is 0 Å². The number of thioether (sulfide) groups is 1. The van der Waals surface area contributed by atoms with E-state index in [0.29, 0.717) is 4.75 Å². The van der Waals surface area contributed by atoms with Gasteiger partial charge < -0.3 is 9.80 Å². The summed E-state index contributed by atoms with van der Waals surface area (Å²) in [5.41, 5.74) is 0.108. The van der Waals surface area contributed by atoms with Crippen LogP contribution in [0.1, 0.15) is 46.5 Å². The lowest BCUT2D eigenvalue weighted by atomic mass is 9.73. The van der Waals surface area contributed by atoms with E-state index in [1.165, 1.54) is 43.9 Å². The predicted molar refractivity (Wildman–Crippen MR) is 88.5 cm³/mol. The monoisotopic (exact) mass is 295 g/mol. The number of hydrogen-bond acceptors (Lipinski definition) is 4. The van der Waals surface area contributed by atoms with Gasteiger partial charge in [0, 0.05) is 30.9 Å². The smallest absolute Gasteiger partial charge is 0.160 e. The van der Waals surface area contributed by atoms with Gasteiger partial charge in [0.15, 0.2) is 5.17 Å². The summed E-state index contributed by atoms with van der Waals surface area (Å²) in [6.45, 7) is 11.8. The van der Waals surface area contributed by atoms with Crippen LogP contribution in [0.3, 0.4) is 0 Å². The molecule has 4 heteroatoms. The first-order chi connectivity index (χ1) is 9.42. The van der Waals surface area contributed by atoms with Gasteiger partial charge in [-0.3, -0.25) is 4.99 Å². The molecule has 0 N–H and O–H groups in total. The van der Waals surface area contributed by atoms with Crippen molar-refractivity contribution in [1.82, 2.24) is 9.80 Å². The fourth-order valence-electron chi connectivity index (χ4n) is 3.74. The van der Waals surface area contributed by atoms with Crippen LogP contribution in [0.15, 0.2) is 4.99 Å². The quantitative estimate of drug-likeness (QED) is 0.684. The molecule has 0 radical (unpaired) electrons. The molecule has 0 unspecified atom stereocenters. The fraction of sp³-hybridized carbons (Fsp3) is 0.938. The average Bonchev–Trinajstić information content (AvgIpc) is 2.66. The van der Waals surface area contributed by atoms with Crippen LogP contribution < -0.4 is 0 Å². The third-order valence-electron chi connectivity index (χ3n) is 5.63. The number of hydrogen-bond donors (Lipinski definition) is 0. The van der Waals surface area contributed by atoms with Crippen molar-refractivity contribution in [3.05, 3.63) is 0 Å². The molecule has 114 valence electrons. The zero-order chi connectivity index (χ0) is 14.4. The Hall–Kier alpha value is -0.220. The largest absolute Gasteiger partial charge is 0.349 e. The molecular weight excluding hydrogens is 266 g/mol. The highest BCUT2D eigenvalue weighted by atomic mass is 32.2. The number of likely N-dealkylation sites (N-methyl/N-ethyl adjacent to an activating group) is 1. The molecule has 1 saturated heterocycles. The molecule has 0 bridgehead atoms. The summed E-state index contributed by atoms with van der Waals surface area (Å²) in [6, 6.07) is 0. The average molecular weight is 295 g/mol. The molecule has 0 aromatic carbocycles. The van der Waals surface area contributed by atoms with Gasteiger partial charge in [-0.25, -0.2) is 0 Å². The SMILES string of the molecule is CC1CCC2(CC1)SC(N1CCN(C)CC1)=NC2(C)C. The van der Waals surface area contributed by atoms with Gasteiger partial charge in [-0.2, -0.15) is 0 Å². The van der Waals surface area contributed by atoms with Gasteiger partial charge in [0.05, 0.1) is 5.54 Å². The van der Waals surface area contributed by atoms with Crippen LogP contribution in [0.5, 0.6) is 0 Å². The van der Waals surface area contributed by atoms with Crippen molar-refractivity contribution in [1.29, 1.82) is 0 Å². The highest BCUT2D eigenvalue weighted by molar-refractivity contribution is 8.15. The molecule has 0 aromatic heterocycles. The topological polar surface area (TPSA) is 18.8 Å². The van der Waals surface area contributed by atoms with Crippen molar-refractivity contribution in [3.63, 3.8) is 0 Å². The Kier molecular flexibility index (Phi) is 3.83. The first-order valence-corrected chi connectivity index (χ1v) is 8.96. The summed E-state index contributed by atoms with van der Waals surface area (Å²) in [7, 11) is 2.22. The molecule has 1 aliphatic carbocycles. The van der Waals surface area contributed by atoms with E-state index in [4.69, 9.17) is 4.99 Å². The van der Waals surface area contributed by atoms with Crippen molar-refractivity contribution >= 4 is 16.9 Å². The van der Waals surface area contributed by atoms with E-state index in [1.807, 2.05) is 0 Å². The Morgan fingerprint density at radius 3 is 2.30 bits per heavy atom. The molecule has 20 heavy (non-hydrogen) atoms. The van der Waals surface area contributed by atoms with Crippen molar-refractivity contribution in [3.8, 4) is 0 Å². The molecule has 1 spiro atoms. The molecule has 3 nitrogen and oxygen atoms in total. The Morgan fingerprint density at radius 1 is 1.10 bits per heavy atom. The Labute approximate surface area is 128 Å². The van der Waals surface area contributed by atoms with E-state index in [2.05, 4.69) is 49.4 Å². The van der Waals surface area contributed by atoms with Crippen molar-refractivity contribution in [2.45, 2.75) is 56.7 Å². The second-order valence-corrected chi connectivity index (χ2v) is 8.87. The lowest BCUT2D eigenvalue weighted by Crippen LogP contribution is -2.47. The summed E-state index contributed by atoms with van der Waals surface area (Å²) in [5, 5.41) is 1.33. The van der Waals surface area contributed by atoms with Crippen LogP contribution >= 0.6 is 11.8 Å². The van der Waals surface area contributed by atoms with Crippen LogP contribution in [0.25, 0.3) is 0 Å². The maximum absolute atomic E-state index is 5.16. The van der Waals surface area contributed by atoms with Gasteiger partial charge in [0.1, 0.15) is 0 Å². The van der Waals surface area contributed by atoms with Crippen LogP contribution in [0.2, 0.25) is 0 Å². The van der Waals surface area contributed by atoms with Crippen molar-refractivity contribution < 1.29 is 0 Å². The maximum Gasteiger partial charge on any atom is 0.160 e. The molecule has 0 atom stereocenters. The Bertz CT molecular complexity index is 389. The van der Waals surface area contributed by atoms with Crippen LogP contribution in [0, 0.1) is 5.92 Å². The standard InChI is InChI=1S/C16H29N3S/c1-13-5-7-16(8-6-13)15(2,3)17-14(20-16)19-11-9-18(4)10-12-19/h13H,5-12H2,1-4H3. The van der Waals surface area contributed by atoms with Crippen LogP contribution in [0.4, 0.5) is 0 Å². The van der Waals surface area contributed by atoms with Crippen LogP contribution in [-0.4, -0.2) is 58.5 Å². The summed E-state index contributed by atoms with van der Waals surface area (Å²) >= 11 is 2.11. The number of rotatable bonds is 0. The van der Waals surface area contributed by atoms with Gasteiger partial charge >= 0.3 is 0 Å². The van der Waals surface area contributed by atoms with Gasteiger partial charge in [-0.15, -0.1) is 0 Å². The minimum absolute atomic E-state index is 0.108. The van der Waals surface area contributed by atoms with E-state index in [-0.39, 0.29) is 5.54 Å². The van der Waals surface area contributed by atoms with E-state index in [0.717, 1.165) is 19.0 Å². The van der Waals surface area contributed by atoms with Gasteiger partial charge in [-0.1, -0.05) is 18.7 Å². The molecule has 2 aliphatic heterocycles. The maximum atomic E-state index is 5.16. The molecule has 0 aromatic rings. The first kappa shape index (κ1) is 14.7. The second kappa shape index (κ2) is 5.20. The third kappa shape index (κ3) is 2.50. The zero-order valence-electron chi connectivity index (χ0n) is 13.5. The number of amidine groups is 1. The molecular formula is C16H29N3S. The van der Waals surface area contributed by atoms with Crippen molar-refractivity contribution in [2.75, 3.05) is 33.2 Å². The normalized spacial score (nSPS) is 38.3. The molecule has 1 saturated carbocycles. The van der Waals surface area contributed by atoms with Gasteiger partial charge in [0.2, 0.25) is 0 Å². The van der Waals surface area contributed by atoms with Crippen molar-refractivity contribution in [2.24, 2.45) is 10.9 Å². The zero-order valence-corrected chi connectivity index (χ0v) is 14.3. The molecule has 0 amide bonds. The summed E-state index contributed by atoms with van der Waals surface area (Å²) in [5.74, 6) is 0.907. The highest BCUT2D eigenvalue weighted by Gasteiger charge is 2.53. The summed E-state index contributed by atoms with van der Waals surface area (Å²) in [4.78, 5) is 10.1. The van der Waals surface area contributed by atoms with Gasteiger partial charge in [-0.05, 0) is 52.5 Å². The Balaban J connectivity index is 1.73. The lowest BCUT2D eigenvalue weighted by Gasteiger charge is -2.43. The number of nitrogens with zero attached hydrogens (tertiary/aromatic N) is 3. The molecule has 3 rings (SSSR count). The molecule has 3 aliphatic rings. The number of aliphatic imine (C=N–C) groups is 1. The second-order valence-electron chi connectivity index (χ2n) is 7.52. The Morgan fingerprint density at radius 2 is 1.70 bits per heavy atom. The van der Waals surface area contributed by atoms with E-state index >= 15 is 0 Å². The number of piperazine rings is 1. The highest BCUT2D eigenvalue weighted by Crippen LogP contribution is 2.55. The molecule has 2 heterocycles. The van der Waals surface area contributed by atoms with E-state index in [9.17, 15) is 0 Å². The fourth-order valence-corrected chi connectivity index (χ4v) is 5.41. The predicted octanol–water partition coefficient (Wildman–Crippen LogP) is 3.06. The summed E-state index contributed by atoms with van der Waals surface area (Å²) in [6.07, 6.45) is 5.43. The minimum atomic E-state index is 0.108. The summed E-state index contributed by atoms with van der Waals surface area (Å²) < 4.78 is 0.373. The van der Waals surface area contributed by atoms with Crippen LogP contribution in [-0.2, 0) is 0 Å².